The van der Waals surface area contributed by atoms with Crippen LogP contribution >= 0.6 is 10.5 Å². The van der Waals surface area contributed by atoms with Crippen LogP contribution in [0.25, 0.3) is 25.1 Å². The number of hydrogen-bond donors (Lipinski definition) is 0. The molecule has 3 aromatic carbocycles. The molecule has 0 saturated heterocycles. The van der Waals surface area contributed by atoms with E-state index in [1.54, 1.807) is 0 Å². The molecule has 0 atom stereocenters. The molecule has 4 aromatic rings. The van der Waals surface area contributed by atoms with E-state index in [-0.39, 0.29) is 10.5 Å². The molecule has 136 valence electrons. The summed E-state index contributed by atoms with van der Waals surface area (Å²) >= 11 is 0. The highest BCUT2D eigenvalue weighted by molar-refractivity contribution is 7.50. The molecule has 0 radical (unpaired) electrons. The van der Waals surface area contributed by atoms with Crippen molar-refractivity contribution >= 4 is 36.8 Å². The Kier molecular flexibility index (Phi) is 4.36. The number of carbonyl (C=O) groups excluding carboxylic acids is 1. The fraction of sp³-hybridized carbons (Fsp3) is 0.174. The number of hydrogen-bond acceptors (Lipinski definition) is 3. The van der Waals surface area contributed by atoms with Crippen LogP contribution in [0.5, 0.6) is 5.75 Å². The van der Waals surface area contributed by atoms with Crippen molar-refractivity contribution in [3.05, 3.63) is 72.8 Å². The van der Waals surface area contributed by atoms with Crippen LogP contribution in [-0.2, 0) is 4.74 Å². The van der Waals surface area contributed by atoms with Crippen LogP contribution in [0.2, 0.25) is 0 Å². The third-order valence-corrected chi connectivity index (χ3v) is 6.49. The van der Waals surface area contributed by atoms with Gasteiger partial charge in [0.05, 0.1) is 0 Å². The van der Waals surface area contributed by atoms with Gasteiger partial charge >= 0.3 is 6.16 Å². The van der Waals surface area contributed by atoms with E-state index in [9.17, 15) is 4.79 Å². The molecule has 0 saturated carbocycles. The van der Waals surface area contributed by atoms with Crippen molar-refractivity contribution in [1.29, 1.82) is 0 Å². The van der Waals surface area contributed by atoms with E-state index in [1.165, 1.54) is 25.1 Å². The van der Waals surface area contributed by atoms with Crippen molar-refractivity contribution in [2.45, 2.75) is 26.4 Å². The standard InChI is InChI=1S/C23H21O3S/c1-23(2,3)26-22(24)25-16-12-14-17(15-13-16)27-20-10-6-4-8-18(20)19-9-5-7-11-21(19)27/h4-15H,1-3H3/q+1. The Morgan fingerprint density at radius 3 is 1.81 bits per heavy atom. The summed E-state index contributed by atoms with van der Waals surface area (Å²) in [4.78, 5) is 13.1. The maximum Gasteiger partial charge on any atom is 0.514 e. The van der Waals surface area contributed by atoms with Gasteiger partial charge in [-0.2, -0.15) is 0 Å². The lowest BCUT2D eigenvalue weighted by Gasteiger charge is -2.18. The third-order valence-electron chi connectivity index (χ3n) is 4.15. The molecule has 0 aliphatic heterocycles. The van der Waals surface area contributed by atoms with Crippen molar-refractivity contribution in [2.75, 3.05) is 0 Å². The van der Waals surface area contributed by atoms with Gasteiger partial charge in [-0.3, -0.25) is 0 Å². The van der Waals surface area contributed by atoms with Gasteiger partial charge in [0, 0.05) is 33.4 Å². The summed E-state index contributed by atoms with van der Waals surface area (Å²) in [5.41, 5.74) is -0.574. The monoisotopic (exact) mass is 377 g/mol. The number of ether oxygens (including phenoxy) is 2. The van der Waals surface area contributed by atoms with Gasteiger partial charge in [0.25, 0.3) is 0 Å². The molecule has 0 spiro atoms. The number of fused-ring (bicyclic) bond motifs is 3. The summed E-state index contributed by atoms with van der Waals surface area (Å²) in [6.45, 7) is 5.44. The van der Waals surface area contributed by atoms with Gasteiger partial charge in [-0.05, 0) is 57.2 Å². The van der Waals surface area contributed by atoms with Crippen molar-refractivity contribution in [3.8, 4) is 10.6 Å². The molecule has 0 unspecified atom stereocenters. The number of rotatable bonds is 2. The summed E-state index contributed by atoms with van der Waals surface area (Å²) in [7, 11) is -0.149. The van der Waals surface area contributed by atoms with Gasteiger partial charge < -0.3 is 9.47 Å². The Bertz CT molecular complexity index is 1060. The average Bonchev–Trinajstić information content (AvgIpc) is 2.95. The minimum absolute atomic E-state index is 0.149. The molecule has 0 fully saturated rings. The highest BCUT2D eigenvalue weighted by Crippen LogP contribution is 2.48. The molecule has 0 aliphatic rings. The third kappa shape index (κ3) is 3.53. The maximum atomic E-state index is 11.9. The van der Waals surface area contributed by atoms with Crippen LogP contribution in [-0.4, -0.2) is 11.8 Å². The van der Waals surface area contributed by atoms with Crippen LogP contribution in [0.15, 0.2) is 72.8 Å². The smallest absolute Gasteiger partial charge is 0.428 e. The van der Waals surface area contributed by atoms with Crippen LogP contribution < -0.4 is 4.74 Å². The lowest BCUT2D eigenvalue weighted by atomic mass is 10.2. The average molecular weight is 377 g/mol. The second-order valence-corrected chi connectivity index (χ2v) is 9.30. The van der Waals surface area contributed by atoms with E-state index in [4.69, 9.17) is 9.47 Å². The fourth-order valence-electron chi connectivity index (χ4n) is 3.12. The highest BCUT2D eigenvalue weighted by atomic mass is 32.2. The van der Waals surface area contributed by atoms with E-state index in [0.29, 0.717) is 5.75 Å². The van der Waals surface area contributed by atoms with E-state index in [1.807, 2.05) is 45.0 Å². The molecular formula is C23H21O3S+. The second kappa shape index (κ2) is 6.71. The van der Waals surface area contributed by atoms with E-state index in [0.717, 1.165) is 0 Å². The number of benzene rings is 3. The molecule has 4 heteroatoms. The minimum atomic E-state index is -0.686. The maximum absolute atomic E-state index is 11.9. The number of carbonyl (C=O) groups is 1. The molecule has 0 N–H and O–H groups in total. The largest absolute Gasteiger partial charge is 0.514 e. The summed E-state index contributed by atoms with van der Waals surface area (Å²) in [5.74, 6) is 0.484. The molecular weight excluding hydrogens is 356 g/mol. The van der Waals surface area contributed by atoms with Gasteiger partial charge in [-0.25, -0.2) is 4.79 Å². The van der Waals surface area contributed by atoms with Gasteiger partial charge in [0.2, 0.25) is 0 Å². The molecule has 1 aromatic heterocycles. The predicted molar refractivity (Wildman–Crippen MR) is 112 cm³/mol. The second-order valence-electron chi connectivity index (χ2n) is 7.34. The van der Waals surface area contributed by atoms with Gasteiger partial charge in [0.1, 0.15) is 11.4 Å². The van der Waals surface area contributed by atoms with Crippen LogP contribution in [0.1, 0.15) is 20.8 Å². The Labute approximate surface area is 161 Å². The first-order chi connectivity index (χ1) is 12.9. The zero-order chi connectivity index (χ0) is 19.0. The van der Waals surface area contributed by atoms with Crippen molar-refractivity contribution in [2.24, 2.45) is 0 Å². The zero-order valence-electron chi connectivity index (χ0n) is 15.6. The van der Waals surface area contributed by atoms with Crippen LogP contribution in [0.3, 0.4) is 0 Å². The summed E-state index contributed by atoms with van der Waals surface area (Å²) in [6.07, 6.45) is -0.686. The van der Waals surface area contributed by atoms with E-state index >= 15 is 0 Å². The van der Waals surface area contributed by atoms with Gasteiger partial charge in [-0.1, -0.05) is 24.3 Å². The Hall–Kier alpha value is -2.85. The van der Waals surface area contributed by atoms with Crippen LogP contribution in [0.4, 0.5) is 4.79 Å². The molecule has 4 rings (SSSR count). The molecule has 27 heavy (non-hydrogen) atoms. The molecule has 0 aliphatic carbocycles. The molecule has 0 bridgehead atoms. The Balaban J connectivity index is 1.71. The normalized spacial score (nSPS) is 11.7. The lowest BCUT2D eigenvalue weighted by molar-refractivity contribution is 0.0206. The molecule has 0 amide bonds. The quantitative estimate of drug-likeness (QED) is 0.213. The lowest BCUT2D eigenvalue weighted by Crippen LogP contribution is -2.25. The van der Waals surface area contributed by atoms with E-state index < -0.39 is 11.8 Å². The first kappa shape index (κ1) is 17.6. The van der Waals surface area contributed by atoms with Crippen molar-refractivity contribution in [3.63, 3.8) is 0 Å². The summed E-state index contributed by atoms with van der Waals surface area (Å²) in [6, 6.07) is 24.8. The SMILES string of the molecule is CC(C)(C)OC(=O)Oc1ccc(-[s+]2c3ccccc3c3ccccc32)cc1. The summed E-state index contributed by atoms with van der Waals surface area (Å²) < 4.78 is 13.2. The molecule has 3 nitrogen and oxygen atoms in total. The number of thiophene rings is 1. The van der Waals surface area contributed by atoms with Gasteiger partial charge in [-0.15, -0.1) is 0 Å². The molecule has 1 heterocycles. The Morgan fingerprint density at radius 2 is 1.30 bits per heavy atom. The predicted octanol–water partition coefficient (Wildman–Crippen LogP) is 7.05. The zero-order valence-corrected chi connectivity index (χ0v) is 16.4. The first-order valence-corrected chi connectivity index (χ1v) is 10.1. The summed E-state index contributed by atoms with van der Waals surface area (Å²) in [5, 5.41) is 2.59. The fourth-order valence-corrected chi connectivity index (χ4v) is 5.50. The topological polar surface area (TPSA) is 35.5 Å². The van der Waals surface area contributed by atoms with Crippen molar-refractivity contribution in [1.82, 2.24) is 0 Å². The van der Waals surface area contributed by atoms with E-state index in [2.05, 4.69) is 48.5 Å². The minimum Gasteiger partial charge on any atom is -0.428 e. The van der Waals surface area contributed by atoms with Crippen molar-refractivity contribution < 1.29 is 14.3 Å². The Morgan fingerprint density at radius 1 is 0.778 bits per heavy atom. The first-order valence-electron chi connectivity index (χ1n) is 8.86. The van der Waals surface area contributed by atoms with Gasteiger partial charge in [0.15, 0.2) is 14.3 Å². The van der Waals surface area contributed by atoms with Crippen LogP contribution in [0, 0.1) is 0 Å². The highest BCUT2D eigenvalue weighted by Gasteiger charge is 2.23.